The third-order valence-corrected chi connectivity index (χ3v) is 9.33. The van der Waals surface area contributed by atoms with Gasteiger partial charge in [0.2, 0.25) is 5.91 Å². The highest BCUT2D eigenvalue weighted by Gasteiger charge is 2.37. The molecule has 0 saturated carbocycles. The van der Waals surface area contributed by atoms with E-state index in [9.17, 15) is 14.4 Å². The van der Waals surface area contributed by atoms with Gasteiger partial charge in [0.1, 0.15) is 11.4 Å². The number of amides is 2. The van der Waals surface area contributed by atoms with Crippen molar-refractivity contribution in [1.29, 1.82) is 0 Å². The second-order valence-corrected chi connectivity index (χ2v) is 12.0. The topological polar surface area (TPSA) is 88.7 Å². The minimum absolute atomic E-state index is 0.104. The summed E-state index contributed by atoms with van der Waals surface area (Å²) in [7, 11) is 1.76. The van der Waals surface area contributed by atoms with Gasteiger partial charge in [-0.3, -0.25) is 19.1 Å². The van der Waals surface area contributed by atoms with Crippen molar-refractivity contribution < 1.29 is 9.59 Å². The molecule has 41 heavy (non-hydrogen) atoms. The van der Waals surface area contributed by atoms with Gasteiger partial charge in [-0.15, -0.1) is 11.3 Å². The fourth-order valence-corrected chi connectivity index (χ4v) is 6.45. The normalized spacial score (nSPS) is 14.2. The van der Waals surface area contributed by atoms with Crippen molar-refractivity contribution in [3.05, 3.63) is 102 Å². The smallest absolute Gasteiger partial charge is 0.296 e. The predicted molar refractivity (Wildman–Crippen MR) is 170 cm³/mol. The number of thioether (sulfide) groups is 1. The number of rotatable bonds is 6. The van der Waals surface area contributed by atoms with Crippen LogP contribution < -0.4 is 15.8 Å². The quantitative estimate of drug-likeness (QED) is 0.245. The first-order chi connectivity index (χ1) is 19.6. The van der Waals surface area contributed by atoms with Crippen LogP contribution in [0.15, 0.2) is 69.4 Å². The van der Waals surface area contributed by atoms with Crippen LogP contribution in [-0.2, 0) is 16.6 Å². The van der Waals surface area contributed by atoms with Crippen LogP contribution in [-0.4, -0.2) is 32.1 Å². The van der Waals surface area contributed by atoms with Crippen LogP contribution in [0.1, 0.15) is 21.7 Å². The maximum atomic E-state index is 13.8. The number of para-hydroxylation sites is 1. The molecular formula is C29H25Cl2N5O3S2. The molecule has 1 aliphatic rings. The standard InChI is InChI=1S/C29H25Cl2N5O3S2/c1-16-12-13-40-22(16)14-21-27(38)35(26-18(3)34(4)36(28(26)39)19-8-6-5-7-9-19)29(32-21)41-15-23(37)33-25-20(30)11-10-17(2)24(25)31/h5-14H,15H2,1-4H3,(H,33,37). The number of aromatic nitrogens is 2. The Morgan fingerprint density at radius 1 is 1.05 bits per heavy atom. The molecule has 0 spiro atoms. The Bertz CT molecular complexity index is 1800. The summed E-state index contributed by atoms with van der Waals surface area (Å²) in [6.45, 7) is 5.53. The number of anilines is 2. The van der Waals surface area contributed by atoms with Gasteiger partial charge >= 0.3 is 0 Å². The van der Waals surface area contributed by atoms with Crippen molar-refractivity contribution in [2.75, 3.05) is 16.0 Å². The van der Waals surface area contributed by atoms with Gasteiger partial charge in [-0.2, -0.15) is 0 Å². The summed E-state index contributed by atoms with van der Waals surface area (Å²) < 4.78 is 3.20. The number of aliphatic imine (C=N–C) groups is 1. The van der Waals surface area contributed by atoms with E-state index in [4.69, 9.17) is 23.2 Å². The largest absolute Gasteiger partial charge is 0.323 e. The van der Waals surface area contributed by atoms with E-state index < -0.39 is 11.8 Å². The van der Waals surface area contributed by atoms with Crippen molar-refractivity contribution in [3.63, 3.8) is 0 Å². The fraction of sp³-hybridized carbons (Fsp3) is 0.172. The molecule has 2 amide bonds. The summed E-state index contributed by atoms with van der Waals surface area (Å²) in [5.41, 5.74) is 3.28. The molecule has 0 saturated heterocycles. The van der Waals surface area contributed by atoms with Crippen LogP contribution in [0.5, 0.6) is 0 Å². The molecule has 8 nitrogen and oxygen atoms in total. The number of hydrogen-bond acceptors (Lipinski definition) is 6. The second kappa shape index (κ2) is 11.7. The highest BCUT2D eigenvalue weighted by molar-refractivity contribution is 8.14. The molecule has 0 aliphatic carbocycles. The number of carbonyl (C=O) groups is 2. The van der Waals surface area contributed by atoms with Gasteiger partial charge < -0.3 is 5.32 Å². The van der Waals surface area contributed by atoms with E-state index >= 15 is 0 Å². The molecule has 1 aliphatic heterocycles. The van der Waals surface area contributed by atoms with Crippen molar-refractivity contribution in [2.24, 2.45) is 12.0 Å². The molecule has 210 valence electrons. The van der Waals surface area contributed by atoms with Crippen LogP contribution in [0.2, 0.25) is 10.0 Å². The molecule has 0 fully saturated rings. The first-order valence-electron chi connectivity index (χ1n) is 12.5. The summed E-state index contributed by atoms with van der Waals surface area (Å²) in [6, 6.07) is 14.5. The lowest BCUT2D eigenvalue weighted by atomic mass is 10.2. The lowest BCUT2D eigenvalue weighted by Crippen LogP contribution is -2.35. The average molecular weight is 627 g/mol. The summed E-state index contributed by atoms with van der Waals surface area (Å²) >= 11 is 15.2. The van der Waals surface area contributed by atoms with Gasteiger partial charge in [-0.25, -0.2) is 14.6 Å². The molecule has 1 N–H and O–H groups in total. The molecule has 12 heteroatoms. The van der Waals surface area contributed by atoms with Crippen LogP contribution in [0, 0.1) is 20.8 Å². The van der Waals surface area contributed by atoms with Crippen molar-refractivity contribution in [2.45, 2.75) is 20.8 Å². The van der Waals surface area contributed by atoms with Crippen molar-refractivity contribution in [3.8, 4) is 5.69 Å². The summed E-state index contributed by atoms with van der Waals surface area (Å²) in [6.07, 6.45) is 1.71. The number of nitrogens with zero attached hydrogens (tertiary/aromatic N) is 4. The highest BCUT2D eigenvalue weighted by atomic mass is 35.5. The molecule has 0 atom stereocenters. The van der Waals surface area contributed by atoms with E-state index in [1.807, 2.05) is 55.6 Å². The molecule has 0 radical (unpaired) electrons. The predicted octanol–water partition coefficient (Wildman–Crippen LogP) is 6.59. The lowest BCUT2D eigenvalue weighted by Gasteiger charge is -2.16. The zero-order valence-corrected chi connectivity index (χ0v) is 25.7. The molecule has 0 bridgehead atoms. The average Bonchev–Trinajstić information content (AvgIpc) is 3.56. The number of halogens is 2. The zero-order chi connectivity index (χ0) is 29.4. The van der Waals surface area contributed by atoms with E-state index in [0.29, 0.717) is 27.1 Å². The first kappa shape index (κ1) is 28.9. The van der Waals surface area contributed by atoms with Crippen LogP contribution >= 0.6 is 46.3 Å². The number of amidine groups is 1. The number of carbonyl (C=O) groups excluding carboxylic acids is 2. The Morgan fingerprint density at radius 3 is 2.46 bits per heavy atom. The van der Waals surface area contributed by atoms with Gasteiger partial charge in [-0.1, -0.05) is 59.2 Å². The molecule has 0 unspecified atom stereocenters. The van der Waals surface area contributed by atoms with E-state index in [2.05, 4.69) is 10.3 Å². The van der Waals surface area contributed by atoms with Crippen LogP contribution in [0.3, 0.4) is 0 Å². The van der Waals surface area contributed by atoms with Gasteiger partial charge in [0.25, 0.3) is 11.5 Å². The van der Waals surface area contributed by atoms with Crippen LogP contribution in [0.25, 0.3) is 11.8 Å². The third kappa shape index (κ3) is 5.52. The summed E-state index contributed by atoms with van der Waals surface area (Å²) in [5, 5.41) is 5.57. The fourth-order valence-electron chi connectivity index (χ4n) is 4.34. The van der Waals surface area contributed by atoms with Crippen molar-refractivity contribution >= 4 is 80.7 Å². The highest BCUT2D eigenvalue weighted by Crippen LogP contribution is 2.34. The molecule has 5 rings (SSSR count). The SMILES string of the molecule is Cc1ccsc1C=C1N=C(SCC(=O)Nc2c(Cl)ccc(C)c2Cl)N(c2c(C)n(C)n(-c3ccccc3)c2=O)C1=O. The Morgan fingerprint density at radius 2 is 1.78 bits per heavy atom. The van der Waals surface area contributed by atoms with Gasteiger partial charge in [0.05, 0.1) is 32.9 Å². The second-order valence-electron chi connectivity index (χ2n) is 9.33. The molecule has 4 aromatic rings. The number of hydrogen-bond donors (Lipinski definition) is 1. The number of nitrogens with one attached hydrogen (secondary N) is 1. The van der Waals surface area contributed by atoms with E-state index in [0.717, 1.165) is 27.8 Å². The monoisotopic (exact) mass is 625 g/mol. The van der Waals surface area contributed by atoms with Gasteiger partial charge in [0.15, 0.2) is 5.17 Å². The van der Waals surface area contributed by atoms with Gasteiger partial charge in [-0.05, 0) is 67.6 Å². The Labute approximate surface area is 254 Å². The Balaban J connectivity index is 1.51. The number of benzene rings is 2. The summed E-state index contributed by atoms with van der Waals surface area (Å²) in [4.78, 5) is 47.4. The first-order valence-corrected chi connectivity index (χ1v) is 15.1. The molecule has 2 aromatic heterocycles. The zero-order valence-electron chi connectivity index (χ0n) is 22.6. The van der Waals surface area contributed by atoms with Crippen LogP contribution in [0.4, 0.5) is 11.4 Å². The minimum Gasteiger partial charge on any atom is -0.323 e. The molecule has 3 heterocycles. The molecular weight excluding hydrogens is 601 g/mol. The van der Waals surface area contributed by atoms with Gasteiger partial charge in [0, 0.05) is 11.9 Å². The third-order valence-electron chi connectivity index (χ3n) is 6.63. The Hall–Kier alpha value is -3.57. The van der Waals surface area contributed by atoms with E-state index in [1.165, 1.54) is 20.9 Å². The summed E-state index contributed by atoms with van der Waals surface area (Å²) in [5.74, 6) is -0.943. The number of thiophene rings is 1. The van der Waals surface area contributed by atoms with E-state index in [1.54, 1.807) is 36.9 Å². The van der Waals surface area contributed by atoms with Crippen molar-refractivity contribution in [1.82, 2.24) is 9.36 Å². The maximum Gasteiger partial charge on any atom is 0.296 e. The maximum absolute atomic E-state index is 13.8. The number of aryl methyl sites for hydroxylation is 2. The Kier molecular flexibility index (Phi) is 8.28. The molecule has 2 aromatic carbocycles. The lowest BCUT2D eigenvalue weighted by molar-refractivity contribution is -0.114. The van der Waals surface area contributed by atoms with E-state index in [-0.39, 0.29) is 27.9 Å². The minimum atomic E-state index is -0.448.